The van der Waals surface area contributed by atoms with E-state index in [1.165, 1.54) is 0 Å². The predicted molar refractivity (Wildman–Crippen MR) is 68.1 cm³/mol. The van der Waals surface area contributed by atoms with Gasteiger partial charge in [-0.25, -0.2) is 0 Å². The highest BCUT2D eigenvalue weighted by atomic mass is 79.9. The molecule has 0 aliphatic heterocycles. The zero-order chi connectivity index (χ0) is 12.0. The first kappa shape index (κ1) is 12.6. The summed E-state index contributed by atoms with van der Waals surface area (Å²) in [6.07, 6.45) is 5.14. The van der Waals surface area contributed by atoms with Crippen LogP contribution >= 0.6 is 15.9 Å². The van der Waals surface area contributed by atoms with E-state index in [4.69, 9.17) is 0 Å². The van der Waals surface area contributed by atoms with Gasteiger partial charge in [0, 0.05) is 9.40 Å². The van der Waals surface area contributed by atoms with Crippen LogP contribution in [0.2, 0.25) is 0 Å². The van der Waals surface area contributed by atoms with Crippen LogP contribution in [0.1, 0.15) is 11.5 Å². The standard InChI is InChI=1S/C12H12BrNO2/c1-2-3-4-11(9-14(15)16)10-5-7-12(13)8-6-10/h2-8,11H,1,9H2/b4-3+. The molecule has 0 bridgehead atoms. The second-order valence-electron chi connectivity index (χ2n) is 3.29. The van der Waals surface area contributed by atoms with Gasteiger partial charge in [0.05, 0.1) is 5.92 Å². The first-order valence-electron chi connectivity index (χ1n) is 4.80. The number of benzene rings is 1. The van der Waals surface area contributed by atoms with Crippen LogP contribution in [0, 0.1) is 10.1 Å². The summed E-state index contributed by atoms with van der Waals surface area (Å²) in [5.74, 6) is -0.207. The molecule has 3 nitrogen and oxygen atoms in total. The summed E-state index contributed by atoms with van der Waals surface area (Å²) in [5, 5.41) is 10.5. The van der Waals surface area contributed by atoms with Crippen LogP contribution in [-0.4, -0.2) is 11.5 Å². The maximum absolute atomic E-state index is 10.5. The zero-order valence-electron chi connectivity index (χ0n) is 8.67. The first-order valence-corrected chi connectivity index (χ1v) is 5.59. The van der Waals surface area contributed by atoms with E-state index in [1.54, 1.807) is 18.2 Å². The van der Waals surface area contributed by atoms with Crippen LogP contribution in [0.3, 0.4) is 0 Å². The van der Waals surface area contributed by atoms with E-state index in [0.717, 1.165) is 10.0 Å². The van der Waals surface area contributed by atoms with Crippen molar-refractivity contribution in [2.75, 3.05) is 6.54 Å². The van der Waals surface area contributed by atoms with Gasteiger partial charge in [0.2, 0.25) is 6.54 Å². The van der Waals surface area contributed by atoms with E-state index in [9.17, 15) is 10.1 Å². The summed E-state index contributed by atoms with van der Waals surface area (Å²) in [4.78, 5) is 10.2. The Morgan fingerprint density at radius 2 is 2.06 bits per heavy atom. The molecular weight excluding hydrogens is 270 g/mol. The average molecular weight is 282 g/mol. The molecule has 1 atom stereocenters. The fraction of sp³-hybridized carbons (Fsp3) is 0.167. The Hall–Kier alpha value is -1.42. The van der Waals surface area contributed by atoms with Crippen LogP contribution < -0.4 is 0 Å². The van der Waals surface area contributed by atoms with Crippen molar-refractivity contribution in [3.63, 3.8) is 0 Å². The van der Waals surface area contributed by atoms with Gasteiger partial charge in [0.15, 0.2) is 0 Å². The summed E-state index contributed by atoms with van der Waals surface area (Å²) in [7, 11) is 0. The van der Waals surface area contributed by atoms with E-state index in [-0.39, 0.29) is 17.4 Å². The molecule has 0 saturated carbocycles. The lowest BCUT2D eigenvalue weighted by atomic mass is 9.99. The minimum Gasteiger partial charge on any atom is -0.265 e. The van der Waals surface area contributed by atoms with Crippen molar-refractivity contribution in [3.05, 3.63) is 69.2 Å². The van der Waals surface area contributed by atoms with Crippen molar-refractivity contribution in [3.8, 4) is 0 Å². The van der Waals surface area contributed by atoms with Crippen molar-refractivity contribution in [2.24, 2.45) is 0 Å². The van der Waals surface area contributed by atoms with E-state index in [0.29, 0.717) is 0 Å². The van der Waals surface area contributed by atoms with Crippen LogP contribution in [-0.2, 0) is 0 Å². The number of nitro groups is 1. The second-order valence-corrected chi connectivity index (χ2v) is 4.21. The highest BCUT2D eigenvalue weighted by Crippen LogP contribution is 2.20. The summed E-state index contributed by atoms with van der Waals surface area (Å²) in [6.45, 7) is 3.45. The molecule has 1 unspecified atom stereocenters. The van der Waals surface area contributed by atoms with Crippen molar-refractivity contribution >= 4 is 15.9 Å². The van der Waals surface area contributed by atoms with Crippen LogP contribution in [0.25, 0.3) is 0 Å². The maximum atomic E-state index is 10.5. The average Bonchev–Trinajstić information content (AvgIpc) is 2.25. The van der Waals surface area contributed by atoms with Gasteiger partial charge in [0.1, 0.15) is 0 Å². The number of rotatable bonds is 5. The van der Waals surface area contributed by atoms with Crippen molar-refractivity contribution < 1.29 is 4.92 Å². The van der Waals surface area contributed by atoms with Gasteiger partial charge in [-0.3, -0.25) is 10.1 Å². The Labute approximate surface area is 103 Å². The lowest BCUT2D eigenvalue weighted by Gasteiger charge is -2.08. The van der Waals surface area contributed by atoms with Crippen LogP contribution in [0.5, 0.6) is 0 Å². The zero-order valence-corrected chi connectivity index (χ0v) is 10.3. The molecular formula is C12H12BrNO2. The molecule has 1 aromatic rings. The molecule has 0 saturated heterocycles. The number of halogens is 1. The highest BCUT2D eigenvalue weighted by molar-refractivity contribution is 9.10. The number of hydrogen-bond donors (Lipinski definition) is 0. The summed E-state index contributed by atoms with van der Waals surface area (Å²) >= 11 is 3.33. The third-order valence-electron chi connectivity index (χ3n) is 2.12. The van der Waals surface area contributed by atoms with Gasteiger partial charge >= 0.3 is 0 Å². The molecule has 0 amide bonds. The van der Waals surface area contributed by atoms with Gasteiger partial charge in [-0.1, -0.05) is 52.9 Å². The van der Waals surface area contributed by atoms with E-state index in [2.05, 4.69) is 22.5 Å². The normalized spacial score (nSPS) is 12.6. The van der Waals surface area contributed by atoms with Crippen molar-refractivity contribution in [1.29, 1.82) is 0 Å². The lowest BCUT2D eigenvalue weighted by molar-refractivity contribution is -0.481. The number of hydrogen-bond acceptors (Lipinski definition) is 2. The Bertz CT molecular complexity index is 398. The maximum Gasteiger partial charge on any atom is 0.214 e. The molecule has 84 valence electrons. The Morgan fingerprint density at radius 1 is 1.44 bits per heavy atom. The molecule has 0 radical (unpaired) electrons. The highest BCUT2D eigenvalue weighted by Gasteiger charge is 2.13. The molecule has 0 heterocycles. The van der Waals surface area contributed by atoms with Gasteiger partial charge in [-0.15, -0.1) is 0 Å². The SMILES string of the molecule is C=C/C=C/C(C[N+](=O)[O-])c1ccc(Br)cc1. The van der Waals surface area contributed by atoms with Gasteiger partial charge in [0.25, 0.3) is 0 Å². The van der Waals surface area contributed by atoms with E-state index >= 15 is 0 Å². The minimum absolute atomic E-state index is 0.105. The number of allylic oxidation sites excluding steroid dienone is 2. The monoisotopic (exact) mass is 281 g/mol. The summed E-state index contributed by atoms with van der Waals surface area (Å²) < 4.78 is 0.962. The largest absolute Gasteiger partial charge is 0.265 e. The predicted octanol–water partition coefficient (Wildman–Crippen LogP) is 3.55. The van der Waals surface area contributed by atoms with Gasteiger partial charge < -0.3 is 0 Å². The second kappa shape index (κ2) is 6.23. The molecule has 16 heavy (non-hydrogen) atoms. The van der Waals surface area contributed by atoms with E-state index in [1.807, 2.05) is 24.3 Å². The molecule has 4 heteroatoms. The number of nitrogens with zero attached hydrogens (tertiary/aromatic N) is 1. The Morgan fingerprint density at radius 3 is 2.56 bits per heavy atom. The molecule has 0 aromatic heterocycles. The third kappa shape index (κ3) is 3.98. The molecule has 1 aromatic carbocycles. The van der Waals surface area contributed by atoms with E-state index < -0.39 is 0 Å². The fourth-order valence-corrected chi connectivity index (χ4v) is 1.62. The molecule has 0 spiro atoms. The van der Waals surface area contributed by atoms with Crippen molar-refractivity contribution in [2.45, 2.75) is 5.92 Å². The summed E-state index contributed by atoms with van der Waals surface area (Å²) in [6, 6.07) is 7.52. The van der Waals surface area contributed by atoms with Crippen LogP contribution in [0.15, 0.2) is 53.5 Å². The molecule has 1 rings (SSSR count). The topological polar surface area (TPSA) is 43.1 Å². The summed E-state index contributed by atoms with van der Waals surface area (Å²) in [5.41, 5.74) is 0.929. The molecule has 0 N–H and O–H groups in total. The Balaban J connectivity index is 2.90. The lowest BCUT2D eigenvalue weighted by Crippen LogP contribution is -2.10. The first-order chi connectivity index (χ1) is 7.63. The smallest absolute Gasteiger partial charge is 0.214 e. The van der Waals surface area contributed by atoms with Crippen molar-refractivity contribution in [1.82, 2.24) is 0 Å². The van der Waals surface area contributed by atoms with Gasteiger partial charge in [-0.05, 0) is 17.7 Å². The quantitative estimate of drug-likeness (QED) is 0.471. The third-order valence-corrected chi connectivity index (χ3v) is 2.65. The molecule has 0 aliphatic rings. The molecule has 0 fully saturated rings. The minimum atomic E-state index is -0.305. The van der Waals surface area contributed by atoms with Gasteiger partial charge in [-0.2, -0.15) is 0 Å². The fourth-order valence-electron chi connectivity index (χ4n) is 1.36. The Kier molecular flexibility index (Phi) is 4.92. The molecule has 0 aliphatic carbocycles. The van der Waals surface area contributed by atoms with Crippen LogP contribution in [0.4, 0.5) is 0 Å².